The second-order valence-corrected chi connectivity index (χ2v) is 5.94. The first-order valence-electron chi connectivity index (χ1n) is 5.46. The van der Waals surface area contributed by atoms with Gasteiger partial charge in [-0.1, -0.05) is 19.1 Å². The van der Waals surface area contributed by atoms with E-state index in [1.807, 2.05) is 16.9 Å². The minimum absolute atomic E-state index is 0.409. The van der Waals surface area contributed by atoms with Crippen LogP contribution in [0.15, 0.2) is 24.3 Å². The van der Waals surface area contributed by atoms with Crippen LogP contribution in [0, 0.1) is 5.92 Å². The van der Waals surface area contributed by atoms with Crippen molar-refractivity contribution in [3.63, 3.8) is 0 Å². The average molecular weight is 271 g/mol. The molecule has 0 heterocycles. The van der Waals surface area contributed by atoms with Gasteiger partial charge in [0.15, 0.2) is 0 Å². The summed E-state index contributed by atoms with van der Waals surface area (Å²) in [6.45, 7) is 1.69. The Morgan fingerprint density at radius 1 is 1.33 bits per heavy atom. The molecule has 0 aliphatic carbocycles. The molecule has 6 heteroatoms. The van der Waals surface area contributed by atoms with Gasteiger partial charge in [-0.15, -0.1) is 0 Å². The second kappa shape index (κ2) is 5.86. The summed E-state index contributed by atoms with van der Waals surface area (Å²) in [4.78, 5) is 11.6. The van der Waals surface area contributed by atoms with Gasteiger partial charge in [-0.2, -0.15) is 0 Å². The predicted octanol–water partition coefficient (Wildman–Crippen LogP) is 0.950. The maximum Gasteiger partial charge on any atom is 0.236 e. The molecule has 1 N–H and O–H groups in total. The van der Waals surface area contributed by atoms with Crippen LogP contribution in [-0.4, -0.2) is 27.7 Å². The van der Waals surface area contributed by atoms with Gasteiger partial charge in [-0.3, -0.25) is 9.52 Å². The monoisotopic (exact) mass is 271 g/mol. The summed E-state index contributed by atoms with van der Waals surface area (Å²) < 4.78 is 28.9. The molecule has 1 unspecified atom stereocenters. The SMILES string of the molecule is COc1ccc(CC(C)C(=O)NS(C)(=O)=O)cc1. The molecule has 0 aromatic heterocycles. The number of ether oxygens (including phenoxy) is 1. The molecular weight excluding hydrogens is 254 g/mol. The first-order chi connectivity index (χ1) is 8.31. The largest absolute Gasteiger partial charge is 0.497 e. The summed E-state index contributed by atoms with van der Waals surface area (Å²) in [5, 5.41) is 0. The Kier molecular flexibility index (Phi) is 4.72. The molecule has 0 aliphatic rings. The molecule has 0 fully saturated rings. The topological polar surface area (TPSA) is 72.5 Å². The molecule has 0 spiro atoms. The van der Waals surface area contributed by atoms with Gasteiger partial charge in [0.2, 0.25) is 15.9 Å². The Labute approximate surface area is 107 Å². The third-order valence-electron chi connectivity index (χ3n) is 2.43. The van der Waals surface area contributed by atoms with Crippen LogP contribution in [0.2, 0.25) is 0 Å². The third-order valence-corrected chi connectivity index (χ3v) is 3.01. The van der Waals surface area contributed by atoms with E-state index < -0.39 is 21.8 Å². The van der Waals surface area contributed by atoms with Crippen LogP contribution >= 0.6 is 0 Å². The van der Waals surface area contributed by atoms with Crippen LogP contribution in [0.5, 0.6) is 5.75 Å². The number of sulfonamides is 1. The smallest absolute Gasteiger partial charge is 0.236 e. The van der Waals surface area contributed by atoms with Crippen molar-refractivity contribution >= 4 is 15.9 Å². The normalized spacial score (nSPS) is 12.8. The summed E-state index contributed by atoms with van der Waals surface area (Å²) >= 11 is 0. The van der Waals surface area contributed by atoms with E-state index in [9.17, 15) is 13.2 Å². The lowest BCUT2D eigenvalue weighted by Gasteiger charge is -2.11. The Balaban J connectivity index is 2.63. The number of rotatable bonds is 5. The minimum Gasteiger partial charge on any atom is -0.497 e. The number of nitrogens with one attached hydrogen (secondary N) is 1. The lowest BCUT2D eigenvalue weighted by atomic mass is 10.0. The van der Waals surface area contributed by atoms with Crippen LogP contribution < -0.4 is 9.46 Å². The summed E-state index contributed by atoms with van der Waals surface area (Å²) in [5.41, 5.74) is 0.951. The molecule has 0 radical (unpaired) electrons. The van der Waals surface area contributed by atoms with Crippen LogP contribution in [0.1, 0.15) is 12.5 Å². The summed E-state index contributed by atoms with van der Waals surface area (Å²) in [6.07, 6.45) is 1.44. The number of carbonyl (C=O) groups is 1. The molecule has 1 atom stereocenters. The fraction of sp³-hybridized carbons (Fsp3) is 0.417. The molecule has 0 aliphatic heterocycles. The molecule has 0 bridgehead atoms. The van der Waals surface area contributed by atoms with Crippen molar-refractivity contribution in [2.24, 2.45) is 5.92 Å². The van der Waals surface area contributed by atoms with E-state index in [4.69, 9.17) is 4.74 Å². The van der Waals surface area contributed by atoms with Gasteiger partial charge >= 0.3 is 0 Å². The second-order valence-electron chi connectivity index (χ2n) is 4.19. The molecule has 5 nitrogen and oxygen atoms in total. The van der Waals surface area contributed by atoms with Crippen molar-refractivity contribution in [3.05, 3.63) is 29.8 Å². The van der Waals surface area contributed by atoms with E-state index in [0.29, 0.717) is 6.42 Å². The summed E-state index contributed by atoms with van der Waals surface area (Å²) in [6, 6.07) is 7.30. The van der Waals surface area contributed by atoms with Gasteiger partial charge in [-0.05, 0) is 24.1 Å². The fourth-order valence-corrected chi connectivity index (χ4v) is 2.06. The number of methoxy groups -OCH3 is 1. The number of carbonyl (C=O) groups excluding carboxylic acids is 1. The zero-order valence-corrected chi connectivity index (χ0v) is 11.5. The molecule has 1 amide bonds. The minimum atomic E-state index is -3.49. The van der Waals surface area contributed by atoms with Crippen molar-refractivity contribution in [1.82, 2.24) is 4.72 Å². The highest BCUT2D eigenvalue weighted by Crippen LogP contribution is 2.14. The number of hydrogen-bond donors (Lipinski definition) is 1. The third kappa shape index (κ3) is 4.75. The van der Waals surface area contributed by atoms with Gasteiger partial charge in [0, 0.05) is 5.92 Å². The molecule has 1 aromatic rings. The zero-order chi connectivity index (χ0) is 13.8. The Morgan fingerprint density at radius 2 is 1.89 bits per heavy atom. The number of benzene rings is 1. The van der Waals surface area contributed by atoms with E-state index in [1.165, 1.54) is 0 Å². The van der Waals surface area contributed by atoms with Crippen molar-refractivity contribution in [3.8, 4) is 5.75 Å². The lowest BCUT2D eigenvalue weighted by Crippen LogP contribution is -2.34. The molecule has 1 rings (SSSR count). The predicted molar refractivity (Wildman–Crippen MR) is 68.8 cm³/mol. The van der Waals surface area contributed by atoms with Crippen molar-refractivity contribution in [2.45, 2.75) is 13.3 Å². The van der Waals surface area contributed by atoms with E-state index in [1.54, 1.807) is 26.2 Å². The Hall–Kier alpha value is -1.56. The van der Waals surface area contributed by atoms with Crippen LogP contribution in [0.25, 0.3) is 0 Å². The van der Waals surface area contributed by atoms with Gasteiger partial charge in [0.05, 0.1) is 13.4 Å². The van der Waals surface area contributed by atoms with Crippen molar-refractivity contribution in [1.29, 1.82) is 0 Å². The maximum absolute atomic E-state index is 11.6. The number of amides is 1. The van der Waals surface area contributed by atoms with Crippen LogP contribution in [-0.2, 0) is 21.2 Å². The van der Waals surface area contributed by atoms with Gasteiger partial charge in [0.1, 0.15) is 5.75 Å². The lowest BCUT2D eigenvalue weighted by molar-refractivity contribution is -0.122. The first kappa shape index (κ1) is 14.5. The highest BCUT2D eigenvalue weighted by atomic mass is 32.2. The molecule has 0 saturated heterocycles. The fourth-order valence-electron chi connectivity index (χ4n) is 1.49. The van der Waals surface area contributed by atoms with Crippen LogP contribution in [0.4, 0.5) is 0 Å². The quantitative estimate of drug-likeness (QED) is 0.865. The van der Waals surface area contributed by atoms with Gasteiger partial charge in [-0.25, -0.2) is 8.42 Å². The van der Waals surface area contributed by atoms with Crippen LogP contribution in [0.3, 0.4) is 0 Å². The summed E-state index contributed by atoms with van der Waals surface area (Å²) in [5.74, 6) is -0.159. The average Bonchev–Trinajstić information content (AvgIpc) is 2.27. The van der Waals surface area contributed by atoms with E-state index in [-0.39, 0.29) is 0 Å². The summed E-state index contributed by atoms with van der Waals surface area (Å²) in [7, 11) is -1.91. The van der Waals surface area contributed by atoms with Crippen molar-refractivity contribution < 1.29 is 17.9 Å². The first-order valence-corrected chi connectivity index (χ1v) is 7.35. The highest BCUT2D eigenvalue weighted by Gasteiger charge is 2.16. The number of hydrogen-bond acceptors (Lipinski definition) is 4. The Bertz CT molecular complexity index is 507. The Morgan fingerprint density at radius 3 is 2.33 bits per heavy atom. The standard InChI is InChI=1S/C12H17NO4S/c1-9(12(14)13-18(3,15)16)8-10-4-6-11(17-2)7-5-10/h4-7,9H,8H2,1-3H3,(H,13,14). The molecule has 1 aromatic carbocycles. The zero-order valence-electron chi connectivity index (χ0n) is 10.6. The molecule has 18 heavy (non-hydrogen) atoms. The molecule has 0 saturated carbocycles. The molecule has 100 valence electrons. The maximum atomic E-state index is 11.6. The molecular formula is C12H17NO4S. The van der Waals surface area contributed by atoms with E-state index >= 15 is 0 Å². The van der Waals surface area contributed by atoms with Crippen molar-refractivity contribution in [2.75, 3.05) is 13.4 Å². The van der Waals surface area contributed by atoms with Gasteiger partial charge < -0.3 is 4.74 Å². The van der Waals surface area contributed by atoms with E-state index in [2.05, 4.69) is 0 Å². The van der Waals surface area contributed by atoms with E-state index in [0.717, 1.165) is 17.6 Å². The highest BCUT2D eigenvalue weighted by molar-refractivity contribution is 7.89. The van der Waals surface area contributed by atoms with Gasteiger partial charge in [0.25, 0.3) is 0 Å².